The molecule has 1 aromatic heterocycles. The average Bonchev–Trinajstić information content (AvgIpc) is 2.98. The minimum atomic E-state index is -0.263. The van der Waals surface area contributed by atoms with Crippen molar-refractivity contribution in [1.82, 2.24) is 15.1 Å². The van der Waals surface area contributed by atoms with E-state index >= 15 is 0 Å². The van der Waals surface area contributed by atoms with Gasteiger partial charge < -0.3 is 10.4 Å². The molecule has 1 unspecified atom stereocenters. The Bertz CT molecular complexity index is 671. The summed E-state index contributed by atoms with van der Waals surface area (Å²) in [6.45, 7) is 4.23. The van der Waals surface area contributed by atoms with E-state index in [1.54, 1.807) is 0 Å². The third kappa shape index (κ3) is 4.34. The summed E-state index contributed by atoms with van der Waals surface area (Å²) in [7, 11) is 0. The number of amides is 1. The van der Waals surface area contributed by atoms with Gasteiger partial charge in [0.05, 0.1) is 12.6 Å². The van der Waals surface area contributed by atoms with Crippen molar-refractivity contribution >= 4 is 22.9 Å². The second-order valence-corrected chi connectivity index (χ2v) is 6.91. The van der Waals surface area contributed by atoms with Crippen LogP contribution in [0.4, 0.5) is 5.69 Å². The molecule has 0 saturated carbocycles. The molecule has 0 radical (unpaired) electrons. The summed E-state index contributed by atoms with van der Waals surface area (Å²) < 4.78 is 0. The number of anilines is 1. The number of nitrogens with one attached hydrogen (secondary N) is 1. The van der Waals surface area contributed by atoms with E-state index in [2.05, 4.69) is 20.4 Å². The Morgan fingerprint density at radius 2 is 2.17 bits per heavy atom. The van der Waals surface area contributed by atoms with Crippen molar-refractivity contribution in [2.24, 2.45) is 0 Å². The highest BCUT2D eigenvalue weighted by Crippen LogP contribution is 2.18. The Hall–Kier alpha value is -1.83. The van der Waals surface area contributed by atoms with Gasteiger partial charge in [0.1, 0.15) is 5.01 Å². The normalized spacial score (nSPS) is 18.8. The zero-order valence-corrected chi connectivity index (χ0v) is 13.8. The first kappa shape index (κ1) is 16.0. The number of β-amino-alcohol motifs (C(OH)–C–C–N with tert-alkyl or cyclic N) is 1. The number of nitrogens with zero attached hydrogens (tertiary/aromatic N) is 3. The van der Waals surface area contributed by atoms with E-state index in [4.69, 9.17) is 0 Å². The Morgan fingerprint density at radius 1 is 1.39 bits per heavy atom. The maximum atomic E-state index is 12.2. The fourth-order valence-electron chi connectivity index (χ4n) is 2.60. The van der Waals surface area contributed by atoms with Gasteiger partial charge in [-0.3, -0.25) is 9.69 Å². The predicted octanol–water partition coefficient (Wildman–Crippen LogP) is 2.06. The molecule has 23 heavy (non-hydrogen) atoms. The van der Waals surface area contributed by atoms with Crippen LogP contribution in [0.5, 0.6) is 0 Å². The number of hydrogen-bond donors (Lipinski definition) is 2. The molecule has 2 aromatic rings. The van der Waals surface area contributed by atoms with E-state index in [1.165, 1.54) is 11.3 Å². The molecule has 1 amide bonds. The van der Waals surface area contributed by atoms with Crippen molar-refractivity contribution in [3.05, 3.63) is 39.8 Å². The zero-order valence-electron chi connectivity index (χ0n) is 13.0. The Morgan fingerprint density at radius 3 is 2.91 bits per heavy atom. The first-order valence-corrected chi connectivity index (χ1v) is 8.52. The molecule has 1 saturated heterocycles. The highest BCUT2D eigenvalue weighted by atomic mass is 32.1. The molecular weight excluding hydrogens is 312 g/mol. The van der Waals surface area contributed by atoms with E-state index in [-0.39, 0.29) is 12.0 Å². The third-order valence-electron chi connectivity index (χ3n) is 3.81. The molecule has 1 atom stereocenters. The number of benzene rings is 1. The van der Waals surface area contributed by atoms with Crippen LogP contribution < -0.4 is 5.32 Å². The molecule has 1 fully saturated rings. The van der Waals surface area contributed by atoms with Gasteiger partial charge in [-0.2, -0.15) is 0 Å². The first-order chi connectivity index (χ1) is 11.1. The van der Waals surface area contributed by atoms with E-state index in [9.17, 15) is 9.90 Å². The number of carbonyl (C=O) groups excluding carboxylic acids is 1. The summed E-state index contributed by atoms with van der Waals surface area (Å²) >= 11 is 1.30. The van der Waals surface area contributed by atoms with E-state index in [1.807, 2.05) is 31.2 Å². The van der Waals surface area contributed by atoms with Crippen molar-refractivity contribution in [1.29, 1.82) is 0 Å². The summed E-state index contributed by atoms with van der Waals surface area (Å²) in [6, 6.07) is 7.63. The van der Waals surface area contributed by atoms with E-state index < -0.39 is 0 Å². The monoisotopic (exact) mass is 332 g/mol. The summed E-state index contributed by atoms with van der Waals surface area (Å²) in [5.74, 6) is -0.240. The fourth-order valence-corrected chi connectivity index (χ4v) is 3.37. The smallest absolute Gasteiger partial charge is 0.286 e. The van der Waals surface area contributed by atoms with Gasteiger partial charge in [0.2, 0.25) is 5.01 Å². The molecule has 0 spiro atoms. The third-order valence-corrected chi connectivity index (χ3v) is 4.72. The number of piperidine rings is 1. The second-order valence-electron chi connectivity index (χ2n) is 5.85. The Kier molecular flexibility index (Phi) is 5.00. The van der Waals surface area contributed by atoms with Crippen LogP contribution in [0.2, 0.25) is 0 Å². The average molecular weight is 332 g/mol. The van der Waals surface area contributed by atoms with Gasteiger partial charge in [-0.25, -0.2) is 0 Å². The number of aryl methyl sites for hydroxylation is 1. The topological polar surface area (TPSA) is 78.4 Å². The lowest BCUT2D eigenvalue weighted by atomic mass is 10.1. The number of hydrogen-bond acceptors (Lipinski definition) is 6. The van der Waals surface area contributed by atoms with Crippen LogP contribution in [-0.4, -0.2) is 45.3 Å². The molecule has 0 aliphatic carbocycles. The molecule has 2 N–H and O–H groups in total. The number of aromatic nitrogens is 2. The molecule has 7 heteroatoms. The molecular formula is C16H20N4O2S. The maximum absolute atomic E-state index is 12.2. The molecule has 122 valence electrons. The summed E-state index contributed by atoms with van der Waals surface area (Å²) in [5, 5.41) is 21.8. The SMILES string of the molecule is Cc1ccc(NC(=O)c2nnc(CN3CCCC(O)C3)s2)cc1. The lowest BCUT2D eigenvalue weighted by Crippen LogP contribution is -2.37. The van der Waals surface area contributed by atoms with Crippen LogP contribution in [0.3, 0.4) is 0 Å². The van der Waals surface area contributed by atoms with Crippen molar-refractivity contribution in [3.8, 4) is 0 Å². The lowest BCUT2D eigenvalue weighted by molar-refractivity contribution is 0.0667. The molecule has 6 nitrogen and oxygen atoms in total. The summed E-state index contributed by atoms with van der Waals surface area (Å²) in [5.41, 5.74) is 1.89. The Labute approximate surface area is 139 Å². The van der Waals surface area contributed by atoms with Gasteiger partial charge in [0, 0.05) is 12.2 Å². The highest BCUT2D eigenvalue weighted by molar-refractivity contribution is 7.13. The second kappa shape index (κ2) is 7.16. The van der Waals surface area contributed by atoms with Gasteiger partial charge in [-0.1, -0.05) is 29.0 Å². The molecule has 1 aliphatic heterocycles. The van der Waals surface area contributed by atoms with Crippen molar-refractivity contribution in [3.63, 3.8) is 0 Å². The van der Waals surface area contributed by atoms with E-state index in [0.717, 1.165) is 35.6 Å². The van der Waals surface area contributed by atoms with E-state index in [0.29, 0.717) is 18.1 Å². The van der Waals surface area contributed by atoms with Crippen LogP contribution in [0.25, 0.3) is 0 Å². The summed E-state index contributed by atoms with van der Waals surface area (Å²) in [4.78, 5) is 14.3. The highest BCUT2D eigenvalue weighted by Gasteiger charge is 2.20. The van der Waals surface area contributed by atoms with Crippen LogP contribution in [0.1, 0.15) is 33.2 Å². The van der Waals surface area contributed by atoms with Crippen molar-refractivity contribution in [2.45, 2.75) is 32.4 Å². The maximum Gasteiger partial charge on any atom is 0.286 e. The van der Waals surface area contributed by atoms with Crippen molar-refractivity contribution in [2.75, 3.05) is 18.4 Å². The molecule has 2 heterocycles. The van der Waals surface area contributed by atoms with Gasteiger partial charge in [0.15, 0.2) is 0 Å². The molecule has 1 aliphatic rings. The number of aliphatic hydroxyl groups is 1. The largest absolute Gasteiger partial charge is 0.392 e. The van der Waals surface area contributed by atoms with Gasteiger partial charge in [0.25, 0.3) is 5.91 Å². The zero-order chi connectivity index (χ0) is 16.2. The Balaban J connectivity index is 1.59. The number of rotatable bonds is 4. The lowest BCUT2D eigenvalue weighted by Gasteiger charge is -2.28. The first-order valence-electron chi connectivity index (χ1n) is 7.71. The molecule has 1 aromatic carbocycles. The number of aliphatic hydroxyl groups excluding tert-OH is 1. The number of carbonyl (C=O) groups is 1. The van der Waals surface area contributed by atoms with Gasteiger partial charge in [-0.15, -0.1) is 10.2 Å². The predicted molar refractivity (Wildman–Crippen MR) is 89.6 cm³/mol. The minimum Gasteiger partial charge on any atom is -0.392 e. The van der Waals surface area contributed by atoms with Crippen LogP contribution in [0.15, 0.2) is 24.3 Å². The quantitative estimate of drug-likeness (QED) is 0.896. The van der Waals surface area contributed by atoms with Crippen LogP contribution >= 0.6 is 11.3 Å². The van der Waals surface area contributed by atoms with Gasteiger partial charge in [-0.05, 0) is 38.4 Å². The number of likely N-dealkylation sites (tertiary alicyclic amines) is 1. The summed E-state index contributed by atoms with van der Waals surface area (Å²) in [6.07, 6.45) is 1.58. The molecule has 0 bridgehead atoms. The van der Waals surface area contributed by atoms with Crippen molar-refractivity contribution < 1.29 is 9.90 Å². The minimum absolute atomic E-state index is 0.240. The van der Waals surface area contributed by atoms with Gasteiger partial charge >= 0.3 is 0 Å². The van der Waals surface area contributed by atoms with Crippen LogP contribution in [-0.2, 0) is 6.54 Å². The van der Waals surface area contributed by atoms with Crippen LogP contribution in [0, 0.1) is 6.92 Å². The fraction of sp³-hybridized carbons (Fsp3) is 0.438. The molecule has 3 rings (SSSR count). The standard InChI is InChI=1S/C16H20N4O2S/c1-11-4-6-12(7-5-11)17-15(22)16-19-18-14(23-16)10-20-8-2-3-13(21)9-20/h4-7,13,21H,2-3,8-10H2,1H3,(H,17,22).